The van der Waals surface area contributed by atoms with Crippen LogP contribution in [0, 0.1) is 11.7 Å². The maximum Gasteiger partial charge on any atom is 0.166 e. The van der Waals surface area contributed by atoms with Gasteiger partial charge in [-0.05, 0) is 62.8 Å². The van der Waals surface area contributed by atoms with Crippen LogP contribution in [0.25, 0.3) is 22.2 Å². The van der Waals surface area contributed by atoms with Crippen LogP contribution in [0.3, 0.4) is 0 Å². The fourth-order valence-corrected chi connectivity index (χ4v) is 6.97. The Hall–Kier alpha value is -2.98. The Morgan fingerprint density at radius 3 is 2.60 bits per heavy atom. The van der Waals surface area contributed by atoms with Crippen LogP contribution < -0.4 is 15.4 Å². The Balaban J connectivity index is 1.21. The van der Waals surface area contributed by atoms with Crippen molar-refractivity contribution in [3.8, 4) is 17.0 Å². The monoisotopic (exact) mass is 610 g/mol. The fourth-order valence-electron chi connectivity index (χ4n) is 6.30. The number of pyridine rings is 2. The highest BCUT2D eigenvalue weighted by Crippen LogP contribution is 2.41. The van der Waals surface area contributed by atoms with Crippen molar-refractivity contribution in [1.29, 1.82) is 0 Å². The molecule has 11 heteroatoms. The summed E-state index contributed by atoms with van der Waals surface area (Å²) >= 11 is 12.8. The molecule has 7 rings (SSSR count). The molecule has 3 aliphatic rings. The van der Waals surface area contributed by atoms with Crippen LogP contribution in [-0.4, -0.2) is 45.0 Å². The summed E-state index contributed by atoms with van der Waals surface area (Å²) in [7, 11) is 0. The number of hydrogen-bond donors (Lipinski definition) is 1. The molecule has 1 unspecified atom stereocenters. The summed E-state index contributed by atoms with van der Waals surface area (Å²) in [6.07, 6.45) is 10.6. The van der Waals surface area contributed by atoms with Crippen LogP contribution >= 0.6 is 23.2 Å². The van der Waals surface area contributed by atoms with Crippen molar-refractivity contribution < 1.29 is 13.9 Å². The molecule has 2 saturated heterocycles. The summed E-state index contributed by atoms with van der Waals surface area (Å²) in [5.74, 6) is 1.27. The second-order valence-electron chi connectivity index (χ2n) is 12.0. The van der Waals surface area contributed by atoms with Crippen molar-refractivity contribution >= 4 is 39.9 Å². The van der Waals surface area contributed by atoms with Gasteiger partial charge in [-0.2, -0.15) is 5.10 Å². The Morgan fingerprint density at radius 2 is 1.90 bits per heavy atom. The van der Waals surface area contributed by atoms with Gasteiger partial charge in [0.25, 0.3) is 0 Å². The molecular formula is C31H33Cl2FN6O2. The first-order valence-corrected chi connectivity index (χ1v) is 15.3. The molecule has 0 spiro atoms. The van der Waals surface area contributed by atoms with Gasteiger partial charge in [-0.1, -0.05) is 36.0 Å². The van der Waals surface area contributed by atoms with Gasteiger partial charge >= 0.3 is 0 Å². The first kappa shape index (κ1) is 27.8. The lowest BCUT2D eigenvalue weighted by molar-refractivity contribution is -0.0365. The first-order valence-electron chi connectivity index (χ1n) is 14.6. The summed E-state index contributed by atoms with van der Waals surface area (Å²) in [6.45, 7) is 3.80. The van der Waals surface area contributed by atoms with Crippen LogP contribution in [0.5, 0.6) is 5.75 Å². The van der Waals surface area contributed by atoms with Crippen LogP contribution in [0.2, 0.25) is 10.0 Å². The van der Waals surface area contributed by atoms with Crippen LogP contribution in [0.15, 0.2) is 42.9 Å². The molecular weight excluding hydrogens is 578 g/mol. The zero-order chi connectivity index (χ0) is 29.0. The first-order chi connectivity index (χ1) is 20.3. The van der Waals surface area contributed by atoms with Crippen molar-refractivity contribution in [3.63, 3.8) is 0 Å². The SMILES string of the molecule is C[C@@H](Oc1ccc2c(c1)c(-c1cnc(N3CC(N)(CC4CC4)C3)c(F)c1)nn2C1CCCCO1)c1c(Cl)cncc1Cl. The van der Waals surface area contributed by atoms with Crippen molar-refractivity contribution in [2.24, 2.45) is 11.7 Å². The second-order valence-corrected chi connectivity index (χ2v) is 12.8. The van der Waals surface area contributed by atoms with E-state index in [-0.39, 0.29) is 17.6 Å². The van der Waals surface area contributed by atoms with E-state index in [2.05, 4.69) is 9.97 Å². The zero-order valence-corrected chi connectivity index (χ0v) is 24.9. The summed E-state index contributed by atoms with van der Waals surface area (Å²) < 4.78 is 29.8. The maximum absolute atomic E-state index is 15.6. The van der Waals surface area contributed by atoms with Gasteiger partial charge in [0, 0.05) is 54.8 Å². The smallest absolute Gasteiger partial charge is 0.166 e. The lowest BCUT2D eigenvalue weighted by Crippen LogP contribution is -2.68. The van der Waals surface area contributed by atoms with Crippen LogP contribution in [-0.2, 0) is 4.74 Å². The molecule has 8 nitrogen and oxygen atoms in total. The number of rotatable bonds is 8. The van der Waals surface area contributed by atoms with Crippen molar-refractivity contribution in [2.45, 2.75) is 63.3 Å². The van der Waals surface area contributed by atoms with Crippen molar-refractivity contribution in [2.75, 3.05) is 24.6 Å². The lowest BCUT2D eigenvalue weighted by Gasteiger charge is -2.48. The maximum atomic E-state index is 15.6. The number of nitrogens with zero attached hydrogens (tertiary/aromatic N) is 5. The summed E-state index contributed by atoms with van der Waals surface area (Å²) in [6, 6.07) is 7.28. The van der Waals surface area contributed by atoms with E-state index in [1.165, 1.54) is 18.9 Å². The summed E-state index contributed by atoms with van der Waals surface area (Å²) in [4.78, 5) is 10.5. The zero-order valence-electron chi connectivity index (χ0n) is 23.4. The third-order valence-corrected chi connectivity index (χ3v) is 9.12. The third-order valence-electron chi connectivity index (χ3n) is 8.51. The van der Waals surface area contributed by atoms with E-state index >= 15 is 4.39 Å². The molecule has 2 N–H and O–H groups in total. The molecule has 42 heavy (non-hydrogen) atoms. The fraction of sp³-hybridized carbons (Fsp3) is 0.452. The molecule has 5 heterocycles. The molecule has 2 atom stereocenters. The Morgan fingerprint density at radius 1 is 1.12 bits per heavy atom. The van der Waals surface area contributed by atoms with Crippen LogP contribution in [0.1, 0.15) is 63.3 Å². The van der Waals surface area contributed by atoms with Gasteiger partial charge < -0.3 is 20.1 Å². The summed E-state index contributed by atoms with van der Waals surface area (Å²) in [5.41, 5.74) is 9.01. The average Bonchev–Trinajstić information content (AvgIpc) is 3.69. The second kappa shape index (κ2) is 10.9. The highest BCUT2D eigenvalue weighted by atomic mass is 35.5. The highest BCUT2D eigenvalue weighted by Gasteiger charge is 2.44. The predicted molar refractivity (Wildman–Crippen MR) is 162 cm³/mol. The third kappa shape index (κ3) is 5.32. The van der Waals surface area contributed by atoms with E-state index in [0.29, 0.717) is 58.1 Å². The Labute approximate surface area is 253 Å². The molecule has 0 radical (unpaired) electrons. The largest absolute Gasteiger partial charge is 0.486 e. The van der Waals surface area contributed by atoms with Gasteiger partial charge in [-0.25, -0.2) is 14.1 Å². The van der Waals surface area contributed by atoms with E-state index in [1.54, 1.807) is 18.6 Å². The molecule has 3 fully saturated rings. The normalized spacial score (nSPS) is 20.9. The van der Waals surface area contributed by atoms with Gasteiger partial charge in [0.2, 0.25) is 0 Å². The van der Waals surface area contributed by atoms with Gasteiger partial charge in [0.1, 0.15) is 17.5 Å². The van der Waals surface area contributed by atoms with E-state index < -0.39 is 6.10 Å². The van der Waals surface area contributed by atoms with E-state index in [4.69, 9.17) is 43.5 Å². The molecule has 1 saturated carbocycles. The molecule has 1 aromatic carbocycles. The Kier molecular flexibility index (Phi) is 7.25. The number of ether oxygens (including phenoxy) is 2. The molecule has 220 valence electrons. The molecule has 0 bridgehead atoms. The Bertz CT molecular complexity index is 1610. The number of hydrogen-bond acceptors (Lipinski definition) is 7. The van der Waals surface area contributed by atoms with Gasteiger partial charge in [0.15, 0.2) is 17.9 Å². The average molecular weight is 612 g/mol. The molecule has 0 amide bonds. The molecule has 1 aliphatic carbocycles. The van der Waals surface area contributed by atoms with Crippen molar-refractivity contribution in [3.05, 3.63) is 64.3 Å². The predicted octanol–water partition coefficient (Wildman–Crippen LogP) is 7.10. The van der Waals surface area contributed by atoms with Gasteiger partial charge in [0.05, 0.1) is 21.1 Å². The van der Waals surface area contributed by atoms with E-state index in [0.717, 1.165) is 42.5 Å². The van der Waals surface area contributed by atoms with Crippen LogP contribution in [0.4, 0.5) is 10.2 Å². The minimum absolute atomic E-state index is 0.197. The quantitative estimate of drug-likeness (QED) is 0.227. The molecule has 3 aromatic heterocycles. The topological polar surface area (TPSA) is 91.3 Å². The number of aromatic nitrogens is 4. The van der Waals surface area contributed by atoms with E-state index in [9.17, 15) is 0 Å². The number of anilines is 1. The van der Waals surface area contributed by atoms with E-state index in [1.807, 2.05) is 34.7 Å². The van der Waals surface area contributed by atoms with Gasteiger partial charge in [-0.15, -0.1) is 0 Å². The number of halogens is 3. The standard InChI is InChI=1S/C31H33Cl2FN6O2/c1-18(28-23(32)14-36-15-24(28)33)42-21-7-8-26-22(11-21)29(38-40(26)27-4-2-3-9-41-27)20-10-25(34)30(37-13-20)39-16-31(35,17-39)12-19-5-6-19/h7-8,10-11,13-15,18-19,27H,2-6,9,12,16-17,35H2,1H3/t18-,27?/m1/s1. The summed E-state index contributed by atoms with van der Waals surface area (Å²) in [5, 5.41) is 6.62. The minimum Gasteiger partial charge on any atom is -0.486 e. The lowest BCUT2D eigenvalue weighted by atomic mass is 9.85. The number of fused-ring (bicyclic) bond motifs is 1. The molecule has 4 aromatic rings. The minimum atomic E-state index is -0.435. The number of nitrogens with two attached hydrogens (primary N) is 1. The highest BCUT2D eigenvalue weighted by molar-refractivity contribution is 6.35. The molecule has 2 aliphatic heterocycles. The van der Waals surface area contributed by atoms with Crippen molar-refractivity contribution in [1.82, 2.24) is 19.7 Å². The number of benzene rings is 1. The van der Waals surface area contributed by atoms with Gasteiger partial charge in [-0.3, -0.25) is 4.98 Å².